The van der Waals surface area contributed by atoms with Gasteiger partial charge in [0.15, 0.2) is 0 Å². The number of aryl methyl sites for hydroxylation is 1. The van der Waals surface area contributed by atoms with Gasteiger partial charge in [0.1, 0.15) is 11.5 Å². The monoisotopic (exact) mass is 613 g/mol. The number of halogens is 2. The Kier molecular flexibility index (Phi) is 9.90. The number of hydrogen-bond acceptors (Lipinski definition) is 7. The first-order valence-corrected chi connectivity index (χ1v) is 14.4. The van der Waals surface area contributed by atoms with Crippen LogP contribution in [0, 0.1) is 6.92 Å². The van der Waals surface area contributed by atoms with Crippen LogP contribution in [0.3, 0.4) is 0 Å². The quantitative estimate of drug-likeness (QED) is 0.154. The zero-order valence-electron chi connectivity index (χ0n) is 21.8. The molecule has 0 radical (unpaired) electrons. The third-order valence-corrected chi connectivity index (χ3v) is 8.19. The number of furan rings is 1. The summed E-state index contributed by atoms with van der Waals surface area (Å²) in [4.78, 5) is 28.0. The highest BCUT2D eigenvalue weighted by molar-refractivity contribution is 7.89. The fourth-order valence-corrected chi connectivity index (χ4v) is 5.47. The van der Waals surface area contributed by atoms with Gasteiger partial charge in [-0.05, 0) is 66.6 Å². The predicted octanol–water partition coefficient (Wildman–Crippen LogP) is 4.45. The molecule has 10 nitrogen and oxygen atoms in total. The molecule has 2 aromatic heterocycles. The topological polar surface area (TPSA) is 134 Å². The molecule has 4 aromatic rings. The molecule has 2 N–H and O–H groups in total. The molecule has 0 unspecified atom stereocenters. The molecule has 0 aliphatic heterocycles. The van der Waals surface area contributed by atoms with Crippen LogP contribution in [0.5, 0.6) is 0 Å². The van der Waals surface area contributed by atoms with Crippen LogP contribution in [-0.2, 0) is 39.2 Å². The second kappa shape index (κ2) is 13.6. The van der Waals surface area contributed by atoms with E-state index in [1.54, 1.807) is 67.0 Å². The molecule has 0 saturated heterocycles. The van der Waals surface area contributed by atoms with E-state index in [9.17, 15) is 18.0 Å². The third-order valence-electron chi connectivity index (χ3n) is 5.80. The molecule has 2 amide bonds. The van der Waals surface area contributed by atoms with Gasteiger partial charge >= 0.3 is 11.8 Å². The number of sulfonamides is 1. The molecule has 41 heavy (non-hydrogen) atoms. The largest absolute Gasteiger partial charge is 0.459 e. The average Bonchev–Trinajstić information content (AvgIpc) is 3.40. The smallest absolute Gasteiger partial charge is 0.329 e. The van der Waals surface area contributed by atoms with E-state index in [4.69, 9.17) is 27.6 Å². The lowest BCUT2D eigenvalue weighted by Crippen LogP contribution is -2.37. The fraction of sp³-hybridized carbons (Fsp3) is 0.143. The first-order valence-electron chi connectivity index (χ1n) is 12.2. The first-order chi connectivity index (χ1) is 19.6. The predicted molar refractivity (Wildman–Crippen MR) is 155 cm³/mol. The molecule has 2 aromatic carbocycles. The molecule has 4 rings (SSSR count). The number of rotatable bonds is 10. The number of hydrazone groups is 1. The van der Waals surface area contributed by atoms with E-state index < -0.39 is 21.8 Å². The molecule has 0 fully saturated rings. The minimum Gasteiger partial charge on any atom is -0.459 e. The SMILES string of the molecule is Cc1ccc(S(=O)(=O)N(Cc2ccc(/C=N/NC(=O)C(=O)NCc3ccncc3)o2)Cc2ccc(Cl)cc2Cl)cc1. The molecule has 0 bridgehead atoms. The summed E-state index contributed by atoms with van der Waals surface area (Å²) in [6.45, 7) is 1.86. The Morgan fingerprint density at radius 1 is 0.976 bits per heavy atom. The second-order valence-corrected chi connectivity index (χ2v) is 11.6. The lowest BCUT2D eigenvalue weighted by atomic mass is 10.2. The van der Waals surface area contributed by atoms with Crippen molar-refractivity contribution < 1.29 is 22.4 Å². The zero-order chi connectivity index (χ0) is 29.4. The number of nitrogens with one attached hydrogen (secondary N) is 2. The van der Waals surface area contributed by atoms with Gasteiger partial charge in [0.25, 0.3) is 0 Å². The van der Waals surface area contributed by atoms with Crippen molar-refractivity contribution in [2.24, 2.45) is 5.10 Å². The van der Waals surface area contributed by atoms with Crippen LogP contribution in [0.4, 0.5) is 0 Å². The molecule has 0 spiro atoms. The maximum atomic E-state index is 13.6. The minimum atomic E-state index is -3.95. The molecule has 0 saturated carbocycles. The Labute approximate surface area is 247 Å². The van der Waals surface area contributed by atoms with E-state index in [1.807, 2.05) is 6.92 Å². The van der Waals surface area contributed by atoms with E-state index in [1.165, 1.54) is 22.7 Å². The normalized spacial score (nSPS) is 11.6. The van der Waals surface area contributed by atoms with Crippen LogP contribution in [0.1, 0.15) is 28.2 Å². The van der Waals surface area contributed by atoms with E-state index in [2.05, 4.69) is 20.8 Å². The fourth-order valence-electron chi connectivity index (χ4n) is 3.62. The van der Waals surface area contributed by atoms with Crippen LogP contribution in [0.15, 0.2) is 93.5 Å². The van der Waals surface area contributed by atoms with Gasteiger partial charge in [-0.1, -0.05) is 47.0 Å². The molecule has 0 atom stereocenters. The van der Waals surface area contributed by atoms with Gasteiger partial charge in [-0.2, -0.15) is 9.41 Å². The average molecular weight is 615 g/mol. The summed E-state index contributed by atoms with van der Waals surface area (Å²) in [6.07, 6.45) is 4.35. The number of nitrogens with zero attached hydrogens (tertiary/aromatic N) is 3. The van der Waals surface area contributed by atoms with Gasteiger partial charge in [0, 0.05) is 35.5 Å². The summed E-state index contributed by atoms with van der Waals surface area (Å²) < 4.78 is 34.2. The zero-order valence-corrected chi connectivity index (χ0v) is 24.1. The van der Waals surface area contributed by atoms with Crippen LogP contribution in [0.25, 0.3) is 0 Å². The van der Waals surface area contributed by atoms with Crippen molar-refractivity contribution in [2.75, 3.05) is 0 Å². The molecular formula is C28H25Cl2N5O5S. The summed E-state index contributed by atoms with van der Waals surface area (Å²) in [5, 5.41) is 6.99. The van der Waals surface area contributed by atoms with Gasteiger partial charge in [-0.15, -0.1) is 0 Å². The number of aromatic nitrogens is 1. The van der Waals surface area contributed by atoms with Gasteiger partial charge in [-0.25, -0.2) is 13.8 Å². The number of amides is 2. The Morgan fingerprint density at radius 2 is 1.71 bits per heavy atom. The Morgan fingerprint density at radius 3 is 2.41 bits per heavy atom. The van der Waals surface area contributed by atoms with Crippen molar-refractivity contribution in [3.05, 3.63) is 117 Å². The second-order valence-electron chi connectivity index (χ2n) is 8.86. The number of pyridine rings is 1. The molecular weight excluding hydrogens is 589 g/mol. The number of carbonyl (C=O) groups is 2. The van der Waals surface area contributed by atoms with Crippen molar-refractivity contribution in [1.29, 1.82) is 0 Å². The molecule has 13 heteroatoms. The summed E-state index contributed by atoms with van der Waals surface area (Å²) in [6, 6.07) is 17.9. The maximum Gasteiger partial charge on any atom is 0.329 e. The van der Waals surface area contributed by atoms with Crippen molar-refractivity contribution in [1.82, 2.24) is 20.0 Å². The summed E-state index contributed by atoms with van der Waals surface area (Å²) in [5.74, 6) is -1.28. The summed E-state index contributed by atoms with van der Waals surface area (Å²) >= 11 is 12.4. The van der Waals surface area contributed by atoms with Gasteiger partial charge in [0.2, 0.25) is 10.0 Å². The van der Waals surface area contributed by atoms with Crippen molar-refractivity contribution in [2.45, 2.75) is 31.5 Å². The summed E-state index contributed by atoms with van der Waals surface area (Å²) in [5.41, 5.74) is 4.39. The maximum absolute atomic E-state index is 13.6. The third kappa shape index (κ3) is 8.24. The van der Waals surface area contributed by atoms with Gasteiger partial charge in [0.05, 0.1) is 17.7 Å². The molecule has 2 heterocycles. The number of hydrogen-bond donors (Lipinski definition) is 2. The molecule has 212 valence electrons. The van der Waals surface area contributed by atoms with Crippen LogP contribution < -0.4 is 10.7 Å². The van der Waals surface area contributed by atoms with Gasteiger partial charge in [-0.3, -0.25) is 14.6 Å². The minimum absolute atomic E-state index is 0.0407. The van der Waals surface area contributed by atoms with E-state index in [0.717, 1.165) is 11.1 Å². The van der Waals surface area contributed by atoms with E-state index in [-0.39, 0.29) is 30.3 Å². The van der Waals surface area contributed by atoms with Crippen LogP contribution in [0.2, 0.25) is 10.0 Å². The van der Waals surface area contributed by atoms with Gasteiger partial charge < -0.3 is 9.73 Å². The van der Waals surface area contributed by atoms with Crippen molar-refractivity contribution >= 4 is 51.3 Å². The lowest BCUT2D eigenvalue weighted by Gasteiger charge is -2.22. The number of carbonyl (C=O) groups excluding carboxylic acids is 2. The van der Waals surface area contributed by atoms with Crippen molar-refractivity contribution in [3.63, 3.8) is 0 Å². The van der Waals surface area contributed by atoms with E-state index >= 15 is 0 Å². The highest BCUT2D eigenvalue weighted by atomic mass is 35.5. The Hall–Kier alpha value is -4.03. The molecule has 0 aliphatic carbocycles. The first kappa shape index (κ1) is 29.9. The number of benzene rings is 2. The Bertz CT molecular complexity index is 1660. The van der Waals surface area contributed by atoms with E-state index in [0.29, 0.717) is 21.4 Å². The highest BCUT2D eigenvalue weighted by Crippen LogP contribution is 2.27. The highest BCUT2D eigenvalue weighted by Gasteiger charge is 2.27. The Balaban J connectivity index is 1.44. The molecule has 0 aliphatic rings. The van der Waals surface area contributed by atoms with Crippen molar-refractivity contribution in [3.8, 4) is 0 Å². The summed E-state index contributed by atoms with van der Waals surface area (Å²) in [7, 11) is -3.95. The lowest BCUT2D eigenvalue weighted by molar-refractivity contribution is -0.139. The van der Waals surface area contributed by atoms with Crippen LogP contribution in [-0.4, -0.2) is 35.7 Å². The van der Waals surface area contributed by atoms with Crippen LogP contribution >= 0.6 is 23.2 Å². The standard InChI is InChI=1S/C28H25Cl2N5O5S/c1-19-2-8-25(9-3-19)41(38,39)35(17-21-4-5-22(29)14-26(21)30)18-24-7-6-23(40-24)16-33-34-28(37)27(36)32-15-20-10-12-31-13-11-20/h2-14,16H,15,17-18H2,1H3,(H,32,36)(H,34,37)/b33-16+.